The van der Waals surface area contributed by atoms with E-state index in [9.17, 15) is 4.79 Å². The molecule has 0 bridgehead atoms. The molecular weight excluding hydrogens is 332 g/mol. The smallest absolute Gasteiger partial charge is 0.251 e. The summed E-state index contributed by atoms with van der Waals surface area (Å²) < 4.78 is 5.89. The van der Waals surface area contributed by atoms with Gasteiger partial charge in [0, 0.05) is 18.2 Å². The van der Waals surface area contributed by atoms with Crippen molar-refractivity contribution in [2.45, 2.75) is 18.9 Å². The molecule has 1 saturated carbocycles. The standard InChI is InChI=1S/C13H17BrN2O2.ClH/c1-18-12-5-4-9(6-10(12)14)13(17)16-7-11(15)8-2-3-8;/h4-6,8,11H,2-3,7,15H2,1H3,(H,16,17);1H. The van der Waals surface area contributed by atoms with Crippen LogP contribution in [0.5, 0.6) is 5.75 Å². The van der Waals surface area contributed by atoms with Crippen LogP contribution in [-0.4, -0.2) is 25.6 Å². The summed E-state index contributed by atoms with van der Waals surface area (Å²) in [5.41, 5.74) is 6.54. The zero-order valence-electron chi connectivity index (χ0n) is 10.7. The van der Waals surface area contributed by atoms with Crippen LogP contribution in [0.2, 0.25) is 0 Å². The molecule has 1 aromatic carbocycles. The minimum atomic E-state index is -0.102. The van der Waals surface area contributed by atoms with Crippen molar-refractivity contribution in [3.63, 3.8) is 0 Å². The summed E-state index contributed by atoms with van der Waals surface area (Å²) >= 11 is 3.36. The Balaban J connectivity index is 0.00000180. The van der Waals surface area contributed by atoms with Crippen molar-refractivity contribution in [2.24, 2.45) is 11.7 Å². The Hall–Kier alpha value is -0.780. The molecule has 1 fully saturated rings. The lowest BCUT2D eigenvalue weighted by Gasteiger charge is -2.12. The van der Waals surface area contributed by atoms with Gasteiger partial charge in [-0.15, -0.1) is 12.4 Å². The SMILES string of the molecule is COc1ccc(C(=O)NCC(N)C2CC2)cc1Br.Cl. The maximum Gasteiger partial charge on any atom is 0.251 e. The Labute approximate surface area is 127 Å². The maximum atomic E-state index is 11.9. The molecule has 19 heavy (non-hydrogen) atoms. The van der Waals surface area contributed by atoms with Crippen molar-refractivity contribution in [3.05, 3.63) is 28.2 Å². The molecule has 0 radical (unpaired) electrons. The Morgan fingerprint density at radius 1 is 1.58 bits per heavy atom. The number of nitrogens with one attached hydrogen (secondary N) is 1. The minimum Gasteiger partial charge on any atom is -0.496 e. The van der Waals surface area contributed by atoms with Crippen molar-refractivity contribution in [1.29, 1.82) is 0 Å². The third-order valence-electron chi connectivity index (χ3n) is 3.14. The van der Waals surface area contributed by atoms with Crippen LogP contribution in [0.1, 0.15) is 23.2 Å². The van der Waals surface area contributed by atoms with Gasteiger partial charge >= 0.3 is 0 Å². The molecule has 1 atom stereocenters. The molecule has 1 unspecified atom stereocenters. The number of hydrogen-bond acceptors (Lipinski definition) is 3. The first kappa shape index (κ1) is 16.3. The van der Waals surface area contributed by atoms with E-state index in [1.165, 1.54) is 12.8 Å². The molecule has 0 aromatic heterocycles. The molecule has 0 aliphatic heterocycles. The Kier molecular flexibility index (Phi) is 6.10. The average Bonchev–Trinajstić information content (AvgIpc) is 3.19. The van der Waals surface area contributed by atoms with Crippen LogP contribution >= 0.6 is 28.3 Å². The molecule has 3 N–H and O–H groups in total. The van der Waals surface area contributed by atoms with Crippen molar-refractivity contribution in [1.82, 2.24) is 5.32 Å². The topological polar surface area (TPSA) is 64.3 Å². The second kappa shape index (κ2) is 7.12. The largest absolute Gasteiger partial charge is 0.496 e. The number of ether oxygens (including phenoxy) is 1. The Morgan fingerprint density at radius 3 is 2.79 bits per heavy atom. The van der Waals surface area contributed by atoms with Crippen LogP contribution in [-0.2, 0) is 0 Å². The number of nitrogens with two attached hydrogens (primary N) is 1. The molecule has 4 nitrogen and oxygen atoms in total. The second-order valence-corrected chi connectivity index (χ2v) is 5.41. The fraction of sp³-hybridized carbons (Fsp3) is 0.462. The van der Waals surface area contributed by atoms with Crippen molar-refractivity contribution in [3.8, 4) is 5.75 Å². The van der Waals surface area contributed by atoms with E-state index in [2.05, 4.69) is 21.2 Å². The summed E-state index contributed by atoms with van der Waals surface area (Å²) in [7, 11) is 1.59. The number of carbonyl (C=O) groups excluding carboxylic acids is 1. The van der Waals surface area contributed by atoms with Crippen LogP contribution in [0.3, 0.4) is 0 Å². The molecule has 1 amide bonds. The van der Waals surface area contributed by atoms with E-state index in [4.69, 9.17) is 10.5 Å². The highest BCUT2D eigenvalue weighted by atomic mass is 79.9. The van der Waals surface area contributed by atoms with E-state index in [0.717, 1.165) is 4.47 Å². The maximum absolute atomic E-state index is 11.9. The average molecular weight is 350 g/mol. The van der Waals surface area contributed by atoms with Crippen molar-refractivity contribution < 1.29 is 9.53 Å². The monoisotopic (exact) mass is 348 g/mol. The van der Waals surface area contributed by atoms with Crippen molar-refractivity contribution >= 4 is 34.2 Å². The molecule has 0 heterocycles. The first-order chi connectivity index (χ1) is 8.61. The summed E-state index contributed by atoms with van der Waals surface area (Å²) in [5, 5.41) is 2.86. The van der Waals surface area contributed by atoms with Gasteiger partial charge in [0.1, 0.15) is 5.75 Å². The lowest BCUT2D eigenvalue weighted by molar-refractivity contribution is 0.0950. The number of carbonyl (C=O) groups is 1. The Morgan fingerprint density at radius 2 is 2.26 bits per heavy atom. The highest BCUT2D eigenvalue weighted by Crippen LogP contribution is 2.31. The van der Waals surface area contributed by atoms with Gasteiger partial charge < -0.3 is 15.8 Å². The van der Waals surface area contributed by atoms with Crippen LogP contribution < -0.4 is 15.8 Å². The number of amides is 1. The van der Waals surface area contributed by atoms with Crippen LogP contribution in [0, 0.1) is 5.92 Å². The third-order valence-corrected chi connectivity index (χ3v) is 3.76. The molecule has 2 rings (SSSR count). The first-order valence-electron chi connectivity index (χ1n) is 5.99. The van der Waals surface area contributed by atoms with Gasteiger partial charge in [-0.1, -0.05) is 0 Å². The number of methoxy groups -OCH3 is 1. The van der Waals surface area contributed by atoms with E-state index in [1.54, 1.807) is 25.3 Å². The Bertz CT molecular complexity index is 452. The van der Waals surface area contributed by atoms with Crippen LogP contribution in [0.15, 0.2) is 22.7 Å². The van der Waals surface area contributed by atoms with Gasteiger partial charge in [0.2, 0.25) is 0 Å². The highest BCUT2D eigenvalue weighted by Gasteiger charge is 2.28. The third kappa shape index (κ3) is 4.37. The van der Waals surface area contributed by atoms with E-state index in [0.29, 0.717) is 23.8 Å². The van der Waals surface area contributed by atoms with E-state index < -0.39 is 0 Å². The molecule has 1 aliphatic carbocycles. The van der Waals surface area contributed by atoms with Gasteiger partial charge in [-0.2, -0.15) is 0 Å². The zero-order valence-corrected chi connectivity index (χ0v) is 13.1. The molecule has 1 aliphatic rings. The normalized spacial score (nSPS) is 15.3. The van der Waals surface area contributed by atoms with E-state index in [-0.39, 0.29) is 24.4 Å². The van der Waals surface area contributed by atoms with Crippen LogP contribution in [0.4, 0.5) is 0 Å². The zero-order chi connectivity index (χ0) is 13.1. The lowest BCUT2D eigenvalue weighted by atomic mass is 10.1. The molecule has 1 aromatic rings. The minimum absolute atomic E-state index is 0. The molecule has 6 heteroatoms. The number of benzene rings is 1. The number of halogens is 2. The van der Waals surface area contributed by atoms with Crippen molar-refractivity contribution in [2.75, 3.05) is 13.7 Å². The summed E-state index contributed by atoms with van der Waals surface area (Å²) in [4.78, 5) is 11.9. The highest BCUT2D eigenvalue weighted by molar-refractivity contribution is 9.10. The molecule has 0 saturated heterocycles. The lowest BCUT2D eigenvalue weighted by Crippen LogP contribution is -2.38. The molecule has 106 valence electrons. The van der Waals surface area contributed by atoms with Gasteiger partial charge in [0.05, 0.1) is 11.6 Å². The van der Waals surface area contributed by atoms with E-state index >= 15 is 0 Å². The number of rotatable bonds is 5. The van der Waals surface area contributed by atoms with E-state index in [1.807, 2.05) is 0 Å². The van der Waals surface area contributed by atoms with Gasteiger partial charge in [-0.05, 0) is 52.9 Å². The van der Waals surface area contributed by atoms with Gasteiger partial charge in [-0.3, -0.25) is 4.79 Å². The van der Waals surface area contributed by atoms with Gasteiger partial charge in [0.15, 0.2) is 0 Å². The first-order valence-corrected chi connectivity index (χ1v) is 6.78. The summed E-state index contributed by atoms with van der Waals surface area (Å²) in [6.45, 7) is 0.535. The van der Waals surface area contributed by atoms with Gasteiger partial charge in [0.25, 0.3) is 5.91 Å². The summed E-state index contributed by atoms with van der Waals surface area (Å²) in [6.07, 6.45) is 2.37. The fourth-order valence-electron chi connectivity index (χ4n) is 1.81. The molecule has 0 spiro atoms. The number of hydrogen-bond donors (Lipinski definition) is 2. The van der Waals surface area contributed by atoms with Gasteiger partial charge in [-0.25, -0.2) is 0 Å². The predicted octanol–water partition coefficient (Wildman–Crippen LogP) is 2.35. The predicted molar refractivity (Wildman–Crippen MR) is 81.0 cm³/mol. The fourth-order valence-corrected chi connectivity index (χ4v) is 2.35. The second-order valence-electron chi connectivity index (χ2n) is 4.56. The van der Waals surface area contributed by atoms with Crippen LogP contribution in [0.25, 0.3) is 0 Å². The quantitative estimate of drug-likeness (QED) is 0.857. The summed E-state index contributed by atoms with van der Waals surface area (Å²) in [6, 6.07) is 5.33. The molecular formula is C13H18BrClN2O2. The summed E-state index contributed by atoms with van der Waals surface area (Å²) in [5.74, 6) is 1.20.